The summed E-state index contributed by atoms with van der Waals surface area (Å²) in [6.07, 6.45) is 0. The van der Waals surface area contributed by atoms with E-state index in [0.717, 1.165) is 33.3 Å². The van der Waals surface area contributed by atoms with Crippen LogP contribution in [-0.4, -0.2) is 11.3 Å². The lowest BCUT2D eigenvalue weighted by Crippen LogP contribution is -2.18. The fraction of sp³-hybridized carbons (Fsp3) is 0.158. The molecule has 0 bridgehead atoms. The summed E-state index contributed by atoms with van der Waals surface area (Å²) in [5.74, 6) is 2.06. The molecule has 0 aliphatic carbocycles. The minimum absolute atomic E-state index is 0.590. The van der Waals surface area contributed by atoms with E-state index >= 15 is 0 Å². The van der Waals surface area contributed by atoms with Gasteiger partial charge in [-0.25, -0.2) is 4.21 Å². The van der Waals surface area contributed by atoms with Crippen LogP contribution in [0.4, 0.5) is 17.3 Å². The normalized spacial score (nSPS) is 15.8. The maximum atomic E-state index is 13.0. The highest BCUT2D eigenvalue weighted by Gasteiger charge is 2.34. The molecule has 0 amide bonds. The van der Waals surface area contributed by atoms with Crippen molar-refractivity contribution in [1.82, 2.24) is 0 Å². The molecule has 0 saturated heterocycles. The van der Waals surface area contributed by atoms with Crippen molar-refractivity contribution in [2.24, 2.45) is 0 Å². The van der Waals surface area contributed by atoms with Crippen LogP contribution in [0.15, 0.2) is 62.7 Å². The van der Waals surface area contributed by atoms with Crippen LogP contribution in [0.2, 0.25) is 0 Å². The van der Waals surface area contributed by atoms with Gasteiger partial charge < -0.3 is 9.15 Å². The Morgan fingerprint density at radius 1 is 1.00 bits per heavy atom. The van der Waals surface area contributed by atoms with Gasteiger partial charge in [0.05, 0.1) is 34.2 Å². The van der Waals surface area contributed by atoms with Crippen LogP contribution in [0.3, 0.4) is 0 Å². The Bertz CT molecular complexity index is 961. The highest BCUT2D eigenvalue weighted by Crippen LogP contribution is 2.49. The first kappa shape index (κ1) is 15.0. The molecule has 122 valence electrons. The number of benzene rings is 2. The number of aryl methyl sites for hydroxylation is 2. The average molecular weight is 339 g/mol. The molecular formula is C19H17NO3S. The van der Waals surface area contributed by atoms with E-state index in [1.165, 1.54) is 0 Å². The van der Waals surface area contributed by atoms with Gasteiger partial charge in [-0.3, -0.25) is 4.90 Å². The first-order valence-electron chi connectivity index (χ1n) is 7.66. The molecule has 1 aromatic heterocycles. The molecule has 1 unspecified atom stereocenters. The van der Waals surface area contributed by atoms with E-state index in [1.54, 1.807) is 7.11 Å². The molecule has 24 heavy (non-hydrogen) atoms. The summed E-state index contributed by atoms with van der Waals surface area (Å²) in [5.41, 5.74) is 2.79. The molecule has 5 heteroatoms. The minimum atomic E-state index is -1.26. The van der Waals surface area contributed by atoms with E-state index < -0.39 is 10.8 Å². The van der Waals surface area contributed by atoms with Crippen molar-refractivity contribution in [3.63, 3.8) is 0 Å². The molecule has 2 heterocycles. The van der Waals surface area contributed by atoms with E-state index in [9.17, 15) is 4.21 Å². The molecule has 4 nitrogen and oxygen atoms in total. The molecule has 1 atom stereocenters. The number of rotatable bonds is 2. The van der Waals surface area contributed by atoms with Crippen LogP contribution in [-0.2, 0) is 10.8 Å². The van der Waals surface area contributed by atoms with Gasteiger partial charge >= 0.3 is 0 Å². The van der Waals surface area contributed by atoms with Gasteiger partial charge in [-0.1, -0.05) is 18.2 Å². The monoisotopic (exact) mass is 339 g/mol. The minimum Gasteiger partial charge on any atom is -0.495 e. The maximum Gasteiger partial charge on any atom is 0.221 e. The molecule has 3 aromatic rings. The van der Waals surface area contributed by atoms with Crippen molar-refractivity contribution in [3.8, 4) is 5.75 Å². The van der Waals surface area contributed by atoms with E-state index in [-0.39, 0.29) is 0 Å². The van der Waals surface area contributed by atoms with Gasteiger partial charge in [-0.2, -0.15) is 0 Å². The fourth-order valence-corrected chi connectivity index (χ4v) is 4.45. The fourth-order valence-electron chi connectivity index (χ4n) is 3.00. The second-order valence-electron chi connectivity index (χ2n) is 5.77. The topological polar surface area (TPSA) is 42.7 Å². The first-order chi connectivity index (χ1) is 11.6. The third kappa shape index (κ3) is 2.16. The number of ether oxygens (including phenoxy) is 1. The van der Waals surface area contributed by atoms with Gasteiger partial charge in [-0.15, -0.1) is 0 Å². The summed E-state index contributed by atoms with van der Waals surface area (Å²) in [4.78, 5) is 3.46. The van der Waals surface area contributed by atoms with Crippen LogP contribution in [0.25, 0.3) is 0 Å². The molecule has 0 saturated carbocycles. The number of para-hydroxylation sites is 2. The van der Waals surface area contributed by atoms with E-state index in [1.807, 2.05) is 67.3 Å². The van der Waals surface area contributed by atoms with Crippen LogP contribution in [0, 0.1) is 13.8 Å². The number of hydrogen-bond donors (Lipinski definition) is 0. The van der Waals surface area contributed by atoms with Crippen molar-refractivity contribution in [2.45, 2.75) is 23.6 Å². The zero-order valence-electron chi connectivity index (χ0n) is 13.7. The highest BCUT2D eigenvalue weighted by atomic mass is 32.2. The van der Waals surface area contributed by atoms with Crippen molar-refractivity contribution in [2.75, 3.05) is 12.0 Å². The Morgan fingerprint density at radius 3 is 2.58 bits per heavy atom. The summed E-state index contributed by atoms with van der Waals surface area (Å²) in [6, 6.07) is 15.6. The summed E-state index contributed by atoms with van der Waals surface area (Å²) in [6.45, 7) is 3.87. The molecule has 0 fully saturated rings. The lowest BCUT2D eigenvalue weighted by Gasteiger charge is -2.30. The van der Waals surface area contributed by atoms with Gasteiger partial charge in [0, 0.05) is 0 Å². The van der Waals surface area contributed by atoms with Crippen LogP contribution < -0.4 is 9.64 Å². The van der Waals surface area contributed by atoms with Gasteiger partial charge in [0.15, 0.2) is 0 Å². The molecule has 0 radical (unpaired) electrons. The smallest absolute Gasteiger partial charge is 0.221 e. The number of methoxy groups -OCH3 is 1. The molecular weight excluding hydrogens is 322 g/mol. The van der Waals surface area contributed by atoms with Crippen LogP contribution >= 0.6 is 0 Å². The first-order valence-corrected chi connectivity index (χ1v) is 8.81. The zero-order chi connectivity index (χ0) is 16.8. The SMILES string of the molecule is COc1ccccc1N1c2ccc(C)cc2S(=O)c2cc(C)oc21. The van der Waals surface area contributed by atoms with Gasteiger partial charge in [0.25, 0.3) is 0 Å². The van der Waals surface area contributed by atoms with Crippen molar-refractivity contribution < 1.29 is 13.4 Å². The second kappa shape index (κ2) is 5.53. The van der Waals surface area contributed by atoms with Crippen LogP contribution in [0.5, 0.6) is 5.75 Å². The molecule has 1 aliphatic rings. The third-order valence-corrected chi connectivity index (χ3v) is 5.51. The standard InChI is InChI=1S/C19H17NO3S/c1-12-8-9-15-17(10-12)24(21)18-11-13(2)23-19(18)20(15)14-6-4-5-7-16(14)22-3/h4-11H,1-3H3. The maximum absolute atomic E-state index is 13.0. The predicted molar refractivity (Wildman–Crippen MR) is 94.1 cm³/mol. The Kier molecular flexibility index (Phi) is 3.46. The Morgan fingerprint density at radius 2 is 1.79 bits per heavy atom. The molecule has 0 N–H and O–H groups in total. The largest absolute Gasteiger partial charge is 0.495 e. The Balaban J connectivity index is 2.04. The highest BCUT2D eigenvalue weighted by molar-refractivity contribution is 7.85. The van der Waals surface area contributed by atoms with Crippen molar-refractivity contribution >= 4 is 28.1 Å². The van der Waals surface area contributed by atoms with Crippen LogP contribution in [0.1, 0.15) is 11.3 Å². The predicted octanol–water partition coefficient (Wildman–Crippen LogP) is 4.85. The number of hydrogen-bond acceptors (Lipinski definition) is 4. The van der Waals surface area contributed by atoms with E-state index in [4.69, 9.17) is 9.15 Å². The summed E-state index contributed by atoms with van der Waals surface area (Å²) < 4.78 is 24.4. The Hall–Kier alpha value is -2.53. The second-order valence-corrected chi connectivity index (χ2v) is 7.19. The third-order valence-electron chi connectivity index (χ3n) is 4.09. The van der Waals surface area contributed by atoms with Gasteiger partial charge in [-0.05, 0) is 49.7 Å². The van der Waals surface area contributed by atoms with E-state index in [2.05, 4.69) is 0 Å². The lowest BCUT2D eigenvalue weighted by molar-refractivity contribution is 0.415. The van der Waals surface area contributed by atoms with Crippen molar-refractivity contribution in [1.29, 1.82) is 0 Å². The number of fused-ring (bicyclic) bond motifs is 2. The summed E-state index contributed by atoms with van der Waals surface area (Å²) in [5, 5.41) is 0. The molecule has 0 spiro atoms. The molecule has 2 aromatic carbocycles. The summed E-state index contributed by atoms with van der Waals surface area (Å²) >= 11 is 0. The number of anilines is 3. The number of nitrogens with zero attached hydrogens (tertiary/aromatic N) is 1. The van der Waals surface area contributed by atoms with E-state index in [0.29, 0.717) is 10.8 Å². The van der Waals surface area contributed by atoms with Crippen molar-refractivity contribution in [3.05, 3.63) is 59.9 Å². The quantitative estimate of drug-likeness (QED) is 0.523. The lowest BCUT2D eigenvalue weighted by atomic mass is 10.2. The van der Waals surface area contributed by atoms with Gasteiger partial charge in [0.2, 0.25) is 5.88 Å². The molecule has 4 rings (SSSR count). The zero-order valence-corrected chi connectivity index (χ0v) is 14.5. The number of furan rings is 1. The van der Waals surface area contributed by atoms with Gasteiger partial charge in [0.1, 0.15) is 16.4 Å². The summed E-state index contributed by atoms with van der Waals surface area (Å²) in [7, 11) is 0.385. The molecule has 1 aliphatic heterocycles. The Labute approximate surface area is 143 Å². The average Bonchev–Trinajstić information content (AvgIpc) is 2.97.